The van der Waals surface area contributed by atoms with Crippen LogP contribution in [0.2, 0.25) is 0 Å². The summed E-state index contributed by atoms with van der Waals surface area (Å²) in [5.41, 5.74) is 0. The second kappa shape index (κ2) is 5.58. The monoisotopic (exact) mass is 214 g/mol. The Hall–Kier alpha value is -1.26. The van der Waals surface area contributed by atoms with E-state index in [-0.39, 0.29) is 12.6 Å². The Balaban J connectivity index is 1.99. The zero-order valence-corrected chi connectivity index (χ0v) is 8.95. The molecule has 15 heavy (non-hydrogen) atoms. The Morgan fingerprint density at radius 1 is 1.40 bits per heavy atom. The molecule has 0 radical (unpaired) electrons. The van der Waals surface area contributed by atoms with E-state index in [4.69, 9.17) is 5.11 Å². The number of aliphatic carboxylic acids is 1. The van der Waals surface area contributed by atoms with Crippen LogP contribution in [0.5, 0.6) is 0 Å². The quantitative estimate of drug-likeness (QED) is 0.612. The molecule has 1 aliphatic rings. The topological polar surface area (TPSA) is 78.4 Å². The van der Waals surface area contributed by atoms with E-state index in [9.17, 15) is 9.59 Å². The molecule has 5 heteroatoms. The maximum atomic E-state index is 11.2. The van der Waals surface area contributed by atoms with E-state index in [2.05, 4.69) is 10.6 Å². The van der Waals surface area contributed by atoms with Gasteiger partial charge in [0.2, 0.25) is 0 Å². The average Bonchev–Trinajstić information content (AvgIpc) is 2.97. The summed E-state index contributed by atoms with van der Waals surface area (Å²) in [6.45, 7) is 2.41. The molecule has 86 valence electrons. The molecule has 0 bridgehead atoms. The smallest absolute Gasteiger partial charge is 0.314 e. The molecule has 0 aromatic heterocycles. The van der Waals surface area contributed by atoms with E-state index in [1.807, 2.05) is 0 Å². The molecule has 0 heterocycles. The number of carboxylic acids is 1. The summed E-state index contributed by atoms with van der Waals surface area (Å²) in [6.07, 6.45) is 3.58. The summed E-state index contributed by atoms with van der Waals surface area (Å²) in [7, 11) is 0. The molecule has 1 aliphatic carbocycles. The van der Waals surface area contributed by atoms with E-state index in [0.29, 0.717) is 6.54 Å². The molecule has 1 atom stereocenters. The summed E-state index contributed by atoms with van der Waals surface area (Å²) in [6, 6.07) is -0.274. The van der Waals surface area contributed by atoms with Crippen molar-refractivity contribution in [2.24, 2.45) is 11.8 Å². The van der Waals surface area contributed by atoms with Crippen LogP contribution in [-0.2, 0) is 4.79 Å². The number of nitrogens with one attached hydrogen (secondary N) is 2. The lowest BCUT2D eigenvalue weighted by atomic mass is 10.2. The summed E-state index contributed by atoms with van der Waals surface area (Å²) < 4.78 is 0. The molecular formula is C10H18N2O3. The van der Waals surface area contributed by atoms with Gasteiger partial charge in [0.05, 0.1) is 5.92 Å². The molecule has 0 aromatic carbocycles. The van der Waals surface area contributed by atoms with E-state index in [1.54, 1.807) is 6.92 Å². The lowest BCUT2D eigenvalue weighted by Crippen LogP contribution is -2.39. The third kappa shape index (κ3) is 5.24. The summed E-state index contributed by atoms with van der Waals surface area (Å²) in [4.78, 5) is 21.6. The van der Waals surface area contributed by atoms with E-state index >= 15 is 0 Å². The Kier molecular flexibility index (Phi) is 4.39. The summed E-state index contributed by atoms with van der Waals surface area (Å²) in [5.74, 6) is -0.643. The number of urea groups is 1. The van der Waals surface area contributed by atoms with Crippen molar-refractivity contribution in [2.75, 3.05) is 13.1 Å². The molecule has 0 aliphatic heterocycles. The van der Waals surface area contributed by atoms with Crippen molar-refractivity contribution >= 4 is 12.0 Å². The lowest BCUT2D eigenvalue weighted by molar-refractivity contribution is -0.140. The number of carboxylic acid groups (broad SMARTS) is 1. The van der Waals surface area contributed by atoms with Crippen LogP contribution in [0.3, 0.4) is 0 Å². The average molecular weight is 214 g/mol. The Morgan fingerprint density at radius 3 is 2.60 bits per heavy atom. The molecule has 1 fully saturated rings. The van der Waals surface area contributed by atoms with Crippen molar-refractivity contribution in [1.29, 1.82) is 0 Å². The van der Waals surface area contributed by atoms with Crippen LogP contribution >= 0.6 is 0 Å². The molecule has 1 rings (SSSR count). The number of amides is 2. The zero-order chi connectivity index (χ0) is 11.3. The van der Waals surface area contributed by atoms with Gasteiger partial charge in [0.15, 0.2) is 0 Å². The second-order valence-electron chi connectivity index (χ2n) is 4.11. The summed E-state index contributed by atoms with van der Waals surface area (Å²) >= 11 is 0. The van der Waals surface area contributed by atoms with Gasteiger partial charge in [-0.25, -0.2) is 4.79 Å². The highest BCUT2D eigenvalue weighted by Gasteiger charge is 2.20. The minimum absolute atomic E-state index is 0.171. The van der Waals surface area contributed by atoms with Crippen molar-refractivity contribution in [1.82, 2.24) is 10.6 Å². The molecule has 0 aromatic rings. The number of hydrogen-bond donors (Lipinski definition) is 3. The van der Waals surface area contributed by atoms with Gasteiger partial charge in [-0.2, -0.15) is 0 Å². The first-order valence-electron chi connectivity index (χ1n) is 5.34. The number of hydrogen-bond acceptors (Lipinski definition) is 2. The first kappa shape index (κ1) is 11.8. The van der Waals surface area contributed by atoms with Crippen molar-refractivity contribution in [3.63, 3.8) is 0 Å². The van der Waals surface area contributed by atoms with Crippen molar-refractivity contribution in [2.45, 2.75) is 26.2 Å². The van der Waals surface area contributed by atoms with Gasteiger partial charge in [0, 0.05) is 13.1 Å². The second-order valence-corrected chi connectivity index (χ2v) is 4.11. The van der Waals surface area contributed by atoms with Crippen LogP contribution in [-0.4, -0.2) is 30.2 Å². The summed E-state index contributed by atoms with van der Waals surface area (Å²) in [5, 5.41) is 13.8. The minimum atomic E-state index is -0.895. The molecule has 1 saturated carbocycles. The molecule has 1 unspecified atom stereocenters. The van der Waals surface area contributed by atoms with Crippen LogP contribution in [0.15, 0.2) is 0 Å². The first-order valence-corrected chi connectivity index (χ1v) is 5.34. The van der Waals surface area contributed by atoms with Crippen molar-refractivity contribution < 1.29 is 14.7 Å². The Morgan fingerprint density at radius 2 is 2.07 bits per heavy atom. The van der Waals surface area contributed by atoms with Crippen molar-refractivity contribution in [3.8, 4) is 0 Å². The molecule has 0 saturated heterocycles. The van der Waals surface area contributed by atoms with Gasteiger partial charge in [-0.3, -0.25) is 4.79 Å². The number of rotatable bonds is 6. The number of carbonyl (C=O) groups is 2. The highest BCUT2D eigenvalue weighted by atomic mass is 16.4. The van der Waals surface area contributed by atoms with Crippen LogP contribution in [0.1, 0.15) is 26.2 Å². The minimum Gasteiger partial charge on any atom is -0.481 e. The third-order valence-corrected chi connectivity index (χ3v) is 2.53. The predicted octanol–water partition coefficient (Wildman–Crippen LogP) is 0.806. The van der Waals surface area contributed by atoms with Crippen LogP contribution in [0, 0.1) is 11.8 Å². The van der Waals surface area contributed by atoms with Crippen LogP contribution < -0.4 is 10.6 Å². The van der Waals surface area contributed by atoms with Gasteiger partial charge in [-0.05, 0) is 12.3 Å². The molecular weight excluding hydrogens is 196 g/mol. The van der Waals surface area contributed by atoms with Gasteiger partial charge in [-0.15, -0.1) is 0 Å². The normalized spacial score (nSPS) is 16.9. The van der Waals surface area contributed by atoms with Crippen LogP contribution in [0.25, 0.3) is 0 Å². The van der Waals surface area contributed by atoms with Crippen LogP contribution in [0.4, 0.5) is 4.79 Å². The SMILES string of the molecule is CC(CNC(=O)NCCC1CC1)C(=O)O. The first-order chi connectivity index (χ1) is 7.09. The Bertz CT molecular complexity index is 239. The Labute approximate surface area is 89.2 Å². The van der Waals surface area contributed by atoms with E-state index in [0.717, 1.165) is 12.3 Å². The van der Waals surface area contributed by atoms with Crippen molar-refractivity contribution in [3.05, 3.63) is 0 Å². The van der Waals surface area contributed by atoms with Gasteiger partial charge in [0.1, 0.15) is 0 Å². The molecule has 0 spiro atoms. The standard InChI is InChI=1S/C10H18N2O3/c1-7(9(13)14)6-12-10(15)11-5-4-8-2-3-8/h7-8H,2-6H2,1H3,(H,13,14)(H2,11,12,15). The lowest BCUT2D eigenvalue weighted by Gasteiger charge is -2.09. The highest BCUT2D eigenvalue weighted by Crippen LogP contribution is 2.31. The van der Waals surface area contributed by atoms with E-state index in [1.165, 1.54) is 12.8 Å². The van der Waals surface area contributed by atoms with Gasteiger partial charge in [-0.1, -0.05) is 19.8 Å². The maximum Gasteiger partial charge on any atom is 0.314 e. The largest absolute Gasteiger partial charge is 0.481 e. The maximum absolute atomic E-state index is 11.2. The zero-order valence-electron chi connectivity index (χ0n) is 8.95. The van der Waals surface area contributed by atoms with Gasteiger partial charge in [0.25, 0.3) is 0 Å². The van der Waals surface area contributed by atoms with E-state index < -0.39 is 11.9 Å². The molecule has 3 N–H and O–H groups in total. The van der Waals surface area contributed by atoms with Gasteiger partial charge < -0.3 is 15.7 Å². The fourth-order valence-corrected chi connectivity index (χ4v) is 1.19. The van der Waals surface area contributed by atoms with Gasteiger partial charge >= 0.3 is 12.0 Å². The third-order valence-electron chi connectivity index (χ3n) is 2.53. The predicted molar refractivity (Wildman–Crippen MR) is 55.5 cm³/mol. The number of carbonyl (C=O) groups excluding carboxylic acids is 1. The fourth-order valence-electron chi connectivity index (χ4n) is 1.19. The molecule has 2 amide bonds. The molecule has 5 nitrogen and oxygen atoms in total. The highest BCUT2D eigenvalue weighted by molar-refractivity contribution is 5.75. The fraction of sp³-hybridized carbons (Fsp3) is 0.800.